The summed E-state index contributed by atoms with van der Waals surface area (Å²) in [6.45, 7) is 4.56. The van der Waals surface area contributed by atoms with Gasteiger partial charge < -0.3 is 0 Å². The largest absolute Gasteiger partial charge is 0.121 e. The molecule has 0 heteroatoms. The molecule has 0 aromatic heterocycles. The van der Waals surface area contributed by atoms with Crippen LogP contribution in [0, 0.1) is 0 Å². The number of unbranched alkanes of at least 4 members (excludes halogenated alkanes) is 2. The van der Waals surface area contributed by atoms with Crippen LogP contribution in [0.15, 0.2) is 77.5 Å². The molecule has 1 aliphatic carbocycles. The van der Waals surface area contributed by atoms with Crippen LogP contribution in [0.3, 0.4) is 0 Å². The van der Waals surface area contributed by atoms with Crippen molar-refractivity contribution in [2.24, 2.45) is 0 Å². The lowest BCUT2D eigenvalue weighted by Gasteiger charge is -2.15. The molecular formula is C25H30. The van der Waals surface area contributed by atoms with E-state index in [4.69, 9.17) is 0 Å². The Balaban J connectivity index is 2.02. The third kappa shape index (κ3) is 3.97. The van der Waals surface area contributed by atoms with Crippen molar-refractivity contribution >= 4 is 0 Å². The molecule has 0 saturated heterocycles. The molecule has 25 heavy (non-hydrogen) atoms. The van der Waals surface area contributed by atoms with Gasteiger partial charge in [-0.25, -0.2) is 0 Å². The normalized spacial score (nSPS) is 14.9. The molecule has 0 nitrogen and oxygen atoms in total. The predicted molar refractivity (Wildman–Crippen MR) is 108 cm³/mol. The minimum Gasteiger partial charge on any atom is -0.121 e. The van der Waals surface area contributed by atoms with E-state index in [0.717, 1.165) is 6.42 Å². The molecule has 0 atom stereocenters. The molecule has 1 saturated carbocycles. The van der Waals surface area contributed by atoms with Gasteiger partial charge in [0.05, 0.1) is 5.41 Å². The van der Waals surface area contributed by atoms with Crippen molar-refractivity contribution in [1.29, 1.82) is 0 Å². The Morgan fingerprint density at radius 1 is 0.800 bits per heavy atom. The lowest BCUT2D eigenvalue weighted by molar-refractivity contribution is 0.713. The highest BCUT2D eigenvalue weighted by molar-refractivity contribution is 5.60. The lowest BCUT2D eigenvalue weighted by atomic mass is 9.87. The zero-order valence-electron chi connectivity index (χ0n) is 15.7. The summed E-state index contributed by atoms with van der Waals surface area (Å²) in [7, 11) is 0. The predicted octanol–water partition coefficient (Wildman–Crippen LogP) is 7.21. The number of hydrogen-bond donors (Lipinski definition) is 0. The molecule has 2 aromatic rings. The fraction of sp³-hybridized carbons (Fsp3) is 0.400. The summed E-state index contributed by atoms with van der Waals surface area (Å²) in [4.78, 5) is 0. The van der Waals surface area contributed by atoms with E-state index in [1.807, 2.05) is 0 Å². The molecule has 3 rings (SSSR count). The SMILES string of the molecule is CCCCC(=C=C1CC1(c1ccccc1)c1ccccc1)CCCC. The van der Waals surface area contributed by atoms with Crippen molar-refractivity contribution < 1.29 is 0 Å². The zero-order chi connectivity index (χ0) is 17.5. The second-order valence-electron chi connectivity index (χ2n) is 7.23. The first-order chi connectivity index (χ1) is 12.3. The molecule has 1 fully saturated rings. The van der Waals surface area contributed by atoms with Crippen LogP contribution in [-0.4, -0.2) is 0 Å². The maximum absolute atomic E-state index is 3.88. The van der Waals surface area contributed by atoms with E-state index in [-0.39, 0.29) is 5.41 Å². The van der Waals surface area contributed by atoms with E-state index in [9.17, 15) is 0 Å². The molecule has 0 amide bonds. The molecule has 0 spiro atoms. The van der Waals surface area contributed by atoms with Crippen molar-refractivity contribution in [3.63, 3.8) is 0 Å². The smallest absolute Gasteiger partial charge is 0.0529 e. The Hall–Kier alpha value is -2.04. The highest BCUT2D eigenvalue weighted by Crippen LogP contribution is 2.58. The van der Waals surface area contributed by atoms with Gasteiger partial charge in [0.25, 0.3) is 0 Å². The first-order valence-electron chi connectivity index (χ1n) is 9.90. The first kappa shape index (κ1) is 17.8. The molecular weight excluding hydrogens is 300 g/mol. The van der Waals surface area contributed by atoms with Gasteiger partial charge in [0, 0.05) is 0 Å². The highest BCUT2D eigenvalue weighted by Gasteiger charge is 2.51. The molecule has 0 N–H and O–H groups in total. The maximum atomic E-state index is 3.88. The fourth-order valence-corrected chi connectivity index (χ4v) is 3.78. The quantitative estimate of drug-likeness (QED) is 0.449. The Morgan fingerprint density at radius 2 is 1.28 bits per heavy atom. The van der Waals surface area contributed by atoms with E-state index in [2.05, 4.69) is 80.2 Å². The summed E-state index contributed by atoms with van der Waals surface area (Å²) in [6.07, 6.45) is 8.61. The van der Waals surface area contributed by atoms with Crippen LogP contribution < -0.4 is 0 Å². The summed E-state index contributed by atoms with van der Waals surface area (Å²) >= 11 is 0. The van der Waals surface area contributed by atoms with Gasteiger partial charge in [-0.15, -0.1) is 5.73 Å². The van der Waals surface area contributed by atoms with Gasteiger partial charge in [-0.3, -0.25) is 0 Å². The molecule has 2 aromatic carbocycles. The van der Waals surface area contributed by atoms with Crippen LogP contribution in [0.1, 0.15) is 69.9 Å². The number of allylic oxidation sites excluding steroid dienone is 1. The van der Waals surface area contributed by atoms with Crippen molar-refractivity contribution in [3.8, 4) is 0 Å². The van der Waals surface area contributed by atoms with Gasteiger partial charge in [-0.2, -0.15) is 0 Å². The van der Waals surface area contributed by atoms with E-state index >= 15 is 0 Å². The van der Waals surface area contributed by atoms with Gasteiger partial charge in [-0.05, 0) is 54.4 Å². The Morgan fingerprint density at radius 3 is 1.72 bits per heavy atom. The van der Waals surface area contributed by atoms with Crippen LogP contribution >= 0.6 is 0 Å². The maximum Gasteiger partial charge on any atom is 0.0529 e. The summed E-state index contributed by atoms with van der Waals surface area (Å²) in [5.74, 6) is 0. The van der Waals surface area contributed by atoms with Crippen LogP contribution in [-0.2, 0) is 5.41 Å². The van der Waals surface area contributed by atoms with Gasteiger partial charge in [-0.1, -0.05) is 87.4 Å². The van der Waals surface area contributed by atoms with Gasteiger partial charge in [0.2, 0.25) is 0 Å². The third-order valence-corrected chi connectivity index (χ3v) is 5.36. The van der Waals surface area contributed by atoms with E-state index in [0.29, 0.717) is 0 Å². The number of hydrogen-bond acceptors (Lipinski definition) is 0. The van der Waals surface area contributed by atoms with Crippen molar-refractivity contribution in [3.05, 3.63) is 88.7 Å². The summed E-state index contributed by atoms with van der Waals surface area (Å²) in [6, 6.07) is 22.0. The standard InChI is InChI=1S/C25H30/c1-3-5-13-21(14-6-4-2)19-24-20-25(24,22-15-9-7-10-16-22)23-17-11-8-12-18-23/h7-12,15-18H,3-6,13-14,20H2,1-2H3. The van der Waals surface area contributed by atoms with E-state index < -0.39 is 0 Å². The minimum atomic E-state index is 0.0617. The number of rotatable bonds is 8. The van der Waals surface area contributed by atoms with Crippen LogP contribution in [0.25, 0.3) is 0 Å². The molecule has 1 aliphatic rings. The number of benzene rings is 2. The monoisotopic (exact) mass is 330 g/mol. The fourth-order valence-electron chi connectivity index (χ4n) is 3.78. The summed E-state index contributed by atoms with van der Waals surface area (Å²) in [5, 5.41) is 0. The average Bonchev–Trinajstić information content (AvgIpc) is 3.40. The van der Waals surface area contributed by atoms with E-state index in [1.54, 1.807) is 0 Å². The minimum absolute atomic E-state index is 0.0617. The lowest BCUT2D eigenvalue weighted by Crippen LogP contribution is -2.08. The Kier molecular flexibility index (Phi) is 5.95. The summed E-state index contributed by atoms with van der Waals surface area (Å²) in [5.41, 5.74) is 9.78. The third-order valence-electron chi connectivity index (χ3n) is 5.36. The highest BCUT2D eigenvalue weighted by atomic mass is 14.5. The average molecular weight is 331 g/mol. The molecule has 0 bridgehead atoms. The first-order valence-corrected chi connectivity index (χ1v) is 9.90. The van der Waals surface area contributed by atoms with Gasteiger partial charge in [0.15, 0.2) is 0 Å². The topological polar surface area (TPSA) is 0 Å². The van der Waals surface area contributed by atoms with Crippen LogP contribution in [0.5, 0.6) is 0 Å². The van der Waals surface area contributed by atoms with Crippen LogP contribution in [0.2, 0.25) is 0 Å². The molecule has 0 radical (unpaired) electrons. The van der Waals surface area contributed by atoms with Gasteiger partial charge in [0.1, 0.15) is 0 Å². The van der Waals surface area contributed by atoms with Crippen molar-refractivity contribution in [2.45, 2.75) is 64.2 Å². The second-order valence-corrected chi connectivity index (χ2v) is 7.23. The molecule has 0 unspecified atom stereocenters. The molecule has 0 aliphatic heterocycles. The van der Waals surface area contributed by atoms with E-state index in [1.165, 1.54) is 60.8 Å². The van der Waals surface area contributed by atoms with Crippen LogP contribution in [0.4, 0.5) is 0 Å². The Bertz CT molecular complexity index is 681. The Labute approximate surface area is 153 Å². The zero-order valence-corrected chi connectivity index (χ0v) is 15.7. The van der Waals surface area contributed by atoms with Crippen molar-refractivity contribution in [1.82, 2.24) is 0 Å². The molecule has 130 valence electrons. The summed E-state index contributed by atoms with van der Waals surface area (Å²) < 4.78 is 0. The van der Waals surface area contributed by atoms with Gasteiger partial charge >= 0.3 is 0 Å². The van der Waals surface area contributed by atoms with Crippen molar-refractivity contribution in [2.75, 3.05) is 0 Å². The molecule has 0 heterocycles. The second kappa shape index (κ2) is 8.37.